The molecule has 22 heavy (non-hydrogen) atoms. The van der Waals surface area contributed by atoms with Crippen molar-refractivity contribution in [2.24, 2.45) is 0 Å². The lowest BCUT2D eigenvalue weighted by Crippen LogP contribution is -2.08. The van der Waals surface area contributed by atoms with Crippen LogP contribution in [0.3, 0.4) is 0 Å². The van der Waals surface area contributed by atoms with E-state index in [0.717, 1.165) is 12.1 Å². The first-order valence-electron chi connectivity index (χ1n) is 5.76. The second-order valence-corrected chi connectivity index (χ2v) is 7.17. The minimum absolute atomic E-state index is 0.127. The average Bonchev–Trinajstić information content (AvgIpc) is 2.36. The Bertz CT molecular complexity index is 872. The van der Waals surface area contributed by atoms with Crippen molar-refractivity contribution in [3.05, 3.63) is 36.4 Å². The van der Waals surface area contributed by atoms with E-state index >= 15 is 0 Å². The number of hydrogen-bond donors (Lipinski definition) is 4. The number of benzene rings is 2. The van der Waals surface area contributed by atoms with Crippen LogP contribution in [-0.2, 0) is 20.2 Å². The molecule has 0 heterocycles. The van der Waals surface area contributed by atoms with Crippen molar-refractivity contribution < 1.29 is 25.9 Å². The molecule has 0 bridgehead atoms. The smallest absolute Gasteiger partial charge is 0.295 e. The van der Waals surface area contributed by atoms with Gasteiger partial charge in [0.05, 0.1) is 0 Å². The van der Waals surface area contributed by atoms with Crippen LogP contribution < -0.4 is 11.5 Å². The summed E-state index contributed by atoms with van der Waals surface area (Å²) in [5.74, 6) is 0. The number of anilines is 2. The molecule has 0 radical (unpaired) electrons. The summed E-state index contributed by atoms with van der Waals surface area (Å²) >= 11 is 0. The van der Waals surface area contributed by atoms with Gasteiger partial charge in [-0.25, -0.2) is 0 Å². The Balaban J connectivity index is 3.03. The Kier molecular flexibility index (Phi) is 3.87. The predicted molar refractivity (Wildman–Crippen MR) is 80.3 cm³/mol. The van der Waals surface area contributed by atoms with Crippen LogP contribution in [-0.4, -0.2) is 25.9 Å². The molecule has 0 unspecified atom stereocenters. The third-order valence-corrected chi connectivity index (χ3v) is 4.71. The van der Waals surface area contributed by atoms with Gasteiger partial charge in [0.2, 0.25) is 0 Å². The molecule has 2 rings (SSSR count). The summed E-state index contributed by atoms with van der Waals surface area (Å²) in [6, 6.07) is 7.25. The summed E-state index contributed by atoms with van der Waals surface area (Å²) in [5.41, 5.74) is 10.6. The second kappa shape index (κ2) is 5.25. The van der Waals surface area contributed by atoms with E-state index in [1.54, 1.807) is 0 Å². The van der Waals surface area contributed by atoms with Gasteiger partial charge in [0.1, 0.15) is 9.79 Å². The van der Waals surface area contributed by atoms with Gasteiger partial charge in [0.15, 0.2) is 0 Å². The molecule has 118 valence electrons. The van der Waals surface area contributed by atoms with Crippen LogP contribution >= 0.6 is 0 Å². The van der Waals surface area contributed by atoms with Crippen LogP contribution in [0.25, 0.3) is 11.1 Å². The zero-order valence-corrected chi connectivity index (χ0v) is 12.6. The molecule has 0 fully saturated rings. The minimum Gasteiger partial charge on any atom is -0.398 e. The molecule has 6 N–H and O–H groups in total. The summed E-state index contributed by atoms with van der Waals surface area (Å²) in [4.78, 5) is -1.23. The van der Waals surface area contributed by atoms with E-state index < -0.39 is 30.0 Å². The van der Waals surface area contributed by atoms with E-state index in [0.29, 0.717) is 0 Å². The first-order chi connectivity index (χ1) is 10.0. The van der Waals surface area contributed by atoms with Gasteiger partial charge in [0, 0.05) is 22.5 Å². The zero-order valence-electron chi connectivity index (χ0n) is 11.0. The van der Waals surface area contributed by atoms with Gasteiger partial charge in [0.25, 0.3) is 20.2 Å². The lowest BCUT2D eigenvalue weighted by atomic mass is 10.0. The fourth-order valence-electron chi connectivity index (χ4n) is 2.06. The van der Waals surface area contributed by atoms with Crippen molar-refractivity contribution in [3.63, 3.8) is 0 Å². The summed E-state index contributed by atoms with van der Waals surface area (Å²) in [6.07, 6.45) is 0. The largest absolute Gasteiger partial charge is 0.398 e. The van der Waals surface area contributed by atoms with Crippen molar-refractivity contribution in [2.75, 3.05) is 11.5 Å². The standard InChI is InChI=1S/C12H12N2O6S2/c13-7-3-1-5-9(21(15,16)17)11(7)12-8(14)4-2-6-10(12)22(18,19)20/h1-6H,13-14H2,(H,15,16,17)(H,18,19,20). The third kappa shape index (κ3) is 2.90. The first-order valence-corrected chi connectivity index (χ1v) is 8.64. The van der Waals surface area contributed by atoms with E-state index in [2.05, 4.69) is 0 Å². The highest BCUT2D eigenvalue weighted by Gasteiger charge is 2.26. The molecule has 0 spiro atoms. The first kappa shape index (κ1) is 16.2. The number of nitrogen functional groups attached to an aromatic ring is 2. The molecule has 8 nitrogen and oxygen atoms in total. The van der Waals surface area contributed by atoms with E-state index in [4.69, 9.17) is 11.5 Å². The summed E-state index contributed by atoms with van der Waals surface area (Å²) in [6.45, 7) is 0. The van der Waals surface area contributed by atoms with Crippen LogP contribution in [0.1, 0.15) is 0 Å². The minimum atomic E-state index is -4.70. The lowest BCUT2D eigenvalue weighted by molar-refractivity contribution is 0.480. The van der Waals surface area contributed by atoms with Crippen LogP contribution in [0.5, 0.6) is 0 Å². The van der Waals surface area contributed by atoms with Gasteiger partial charge in [-0.05, 0) is 24.3 Å². The van der Waals surface area contributed by atoms with Gasteiger partial charge in [-0.2, -0.15) is 16.8 Å². The van der Waals surface area contributed by atoms with Gasteiger partial charge in [-0.15, -0.1) is 0 Å². The average molecular weight is 344 g/mol. The molecule has 0 atom stereocenters. The Morgan fingerprint density at radius 3 is 1.27 bits per heavy atom. The molecule has 0 aliphatic carbocycles. The van der Waals surface area contributed by atoms with Crippen molar-refractivity contribution in [1.82, 2.24) is 0 Å². The van der Waals surface area contributed by atoms with E-state index in [1.165, 1.54) is 24.3 Å². The Morgan fingerprint density at radius 2 is 1.00 bits per heavy atom. The van der Waals surface area contributed by atoms with Crippen LogP contribution in [0.2, 0.25) is 0 Å². The quantitative estimate of drug-likeness (QED) is 0.474. The topological polar surface area (TPSA) is 161 Å². The Hall–Kier alpha value is -2.14. The predicted octanol–water partition coefficient (Wildman–Crippen LogP) is 1.01. The molecule has 2 aromatic carbocycles. The highest BCUT2D eigenvalue weighted by atomic mass is 32.2. The summed E-state index contributed by atoms with van der Waals surface area (Å²) in [7, 11) is -9.39. The second-order valence-electron chi connectivity index (χ2n) is 4.39. The van der Waals surface area contributed by atoms with E-state index in [9.17, 15) is 25.9 Å². The van der Waals surface area contributed by atoms with Gasteiger partial charge in [-0.1, -0.05) is 12.1 Å². The van der Waals surface area contributed by atoms with Gasteiger partial charge >= 0.3 is 0 Å². The SMILES string of the molecule is Nc1cccc(S(=O)(=O)O)c1-c1c(N)cccc1S(=O)(=O)O. The highest BCUT2D eigenvalue weighted by Crippen LogP contribution is 2.40. The van der Waals surface area contributed by atoms with Crippen LogP contribution in [0, 0.1) is 0 Å². The molecule has 0 saturated carbocycles. The maximum absolute atomic E-state index is 11.5. The Morgan fingerprint density at radius 1 is 0.682 bits per heavy atom. The molecule has 0 aliphatic heterocycles. The lowest BCUT2D eigenvalue weighted by Gasteiger charge is -2.15. The van der Waals surface area contributed by atoms with Crippen molar-refractivity contribution in [1.29, 1.82) is 0 Å². The number of hydrogen-bond acceptors (Lipinski definition) is 6. The molecular formula is C12H12N2O6S2. The number of rotatable bonds is 3. The van der Waals surface area contributed by atoms with Crippen molar-refractivity contribution in [3.8, 4) is 11.1 Å². The van der Waals surface area contributed by atoms with Crippen molar-refractivity contribution in [2.45, 2.75) is 9.79 Å². The fraction of sp³-hybridized carbons (Fsp3) is 0. The maximum Gasteiger partial charge on any atom is 0.295 e. The number of nitrogens with two attached hydrogens (primary N) is 2. The molecule has 0 amide bonds. The molecule has 2 aromatic rings. The Labute approximate surface area is 126 Å². The molecular weight excluding hydrogens is 332 g/mol. The van der Waals surface area contributed by atoms with E-state index in [1.807, 2.05) is 0 Å². The summed E-state index contributed by atoms with van der Waals surface area (Å²) < 4.78 is 64.6. The van der Waals surface area contributed by atoms with Crippen LogP contribution in [0.4, 0.5) is 11.4 Å². The van der Waals surface area contributed by atoms with Gasteiger partial charge < -0.3 is 11.5 Å². The molecule has 0 saturated heterocycles. The van der Waals surface area contributed by atoms with Crippen LogP contribution in [0.15, 0.2) is 46.2 Å². The van der Waals surface area contributed by atoms with Crippen molar-refractivity contribution >= 4 is 31.6 Å². The molecule has 0 aliphatic rings. The third-order valence-electron chi connectivity index (χ3n) is 2.92. The zero-order chi connectivity index (χ0) is 16.7. The normalized spacial score (nSPS) is 12.3. The van der Waals surface area contributed by atoms with Gasteiger partial charge in [-0.3, -0.25) is 9.11 Å². The van der Waals surface area contributed by atoms with E-state index in [-0.39, 0.29) is 22.5 Å². The summed E-state index contributed by atoms with van der Waals surface area (Å²) in [5, 5.41) is 0. The maximum atomic E-state index is 11.5. The molecule has 10 heteroatoms. The highest BCUT2D eigenvalue weighted by molar-refractivity contribution is 7.86. The fourth-order valence-corrected chi connectivity index (χ4v) is 3.52. The monoisotopic (exact) mass is 344 g/mol. The molecule has 0 aromatic heterocycles.